The lowest BCUT2D eigenvalue weighted by molar-refractivity contribution is -0.137. The minimum absolute atomic E-state index is 0.0790. The summed E-state index contributed by atoms with van der Waals surface area (Å²) in [5.41, 5.74) is 1.13. The number of anilines is 4. The van der Waals surface area contributed by atoms with E-state index < -0.39 is 11.7 Å². The number of aromatic nitrogens is 2. The van der Waals surface area contributed by atoms with Gasteiger partial charge < -0.3 is 10.6 Å². The lowest BCUT2D eigenvalue weighted by atomic mass is 10.2. The Bertz CT molecular complexity index is 864. The Morgan fingerprint density at radius 1 is 0.880 bits per heavy atom. The van der Waals surface area contributed by atoms with Crippen LogP contribution in [0.25, 0.3) is 0 Å². The fourth-order valence-corrected chi connectivity index (χ4v) is 2.24. The molecule has 0 aliphatic heterocycles. The molecule has 1 heterocycles. The molecule has 0 aliphatic rings. The summed E-state index contributed by atoms with van der Waals surface area (Å²) in [5, 5.41) is 5.66. The second-order valence-corrected chi connectivity index (χ2v) is 5.38. The van der Waals surface area contributed by atoms with Crippen molar-refractivity contribution in [3.05, 3.63) is 71.9 Å². The van der Waals surface area contributed by atoms with Crippen LogP contribution in [-0.4, -0.2) is 9.97 Å². The Kier molecular flexibility index (Phi) is 4.56. The third-order valence-electron chi connectivity index (χ3n) is 3.52. The first kappa shape index (κ1) is 16.8. The van der Waals surface area contributed by atoms with Crippen molar-refractivity contribution in [1.82, 2.24) is 9.97 Å². The van der Waals surface area contributed by atoms with Crippen LogP contribution < -0.4 is 10.6 Å². The zero-order valence-electron chi connectivity index (χ0n) is 13.3. The Hall–Kier alpha value is -3.09. The fraction of sp³-hybridized carbons (Fsp3) is 0.111. The summed E-state index contributed by atoms with van der Waals surface area (Å²) < 4.78 is 39.8. The van der Waals surface area contributed by atoms with Crippen LogP contribution in [0.15, 0.2) is 60.8 Å². The normalized spacial score (nSPS) is 11.2. The van der Waals surface area contributed by atoms with Gasteiger partial charge in [-0.1, -0.05) is 36.4 Å². The zero-order valence-corrected chi connectivity index (χ0v) is 13.3. The Balaban J connectivity index is 1.97. The van der Waals surface area contributed by atoms with Crippen molar-refractivity contribution < 1.29 is 13.2 Å². The lowest BCUT2D eigenvalue weighted by Gasteiger charge is -2.16. The minimum atomic E-state index is -4.56. The van der Waals surface area contributed by atoms with Crippen LogP contribution >= 0.6 is 0 Å². The molecule has 1 aromatic heterocycles. The molecule has 0 unspecified atom stereocenters. The summed E-state index contributed by atoms with van der Waals surface area (Å²) in [6, 6.07) is 16.1. The number of hydrogen-bond donors (Lipinski definition) is 2. The Morgan fingerprint density at radius 2 is 1.56 bits per heavy atom. The van der Waals surface area contributed by atoms with Crippen LogP contribution in [0.1, 0.15) is 11.1 Å². The summed E-state index contributed by atoms with van der Waals surface area (Å²) in [6.45, 7) is 1.81. The molecule has 0 fully saturated rings. The molecule has 3 aromatic rings. The van der Waals surface area contributed by atoms with Crippen molar-refractivity contribution in [3.8, 4) is 0 Å². The standard InChI is InChI=1S/C18H15F3N4/c1-12-7-5-6-10-15(12)24-16-14(18(19,20)21)11-22-17(25-16)23-13-8-3-2-4-9-13/h2-11H,1H3,(H2,22,23,24,25). The Labute approximate surface area is 142 Å². The highest BCUT2D eigenvalue weighted by atomic mass is 19.4. The monoisotopic (exact) mass is 344 g/mol. The van der Waals surface area contributed by atoms with Crippen molar-refractivity contribution in [1.29, 1.82) is 0 Å². The molecule has 4 nitrogen and oxygen atoms in total. The van der Waals surface area contributed by atoms with Gasteiger partial charge in [-0.15, -0.1) is 0 Å². The summed E-state index contributed by atoms with van der Waals surface area (Å²) >= 11 is 0. The first-order chi connectivity index (χ1) is 11.9. The summed E-state index contributed by atoms with van der Waals surface area (Å²) in [5.74, 6) is -0.217. The van der Waals surface area contributed by atoms with Crippen molar-refractivity contribution >= 4 is 23.1 Å². The van der Waals surface area contributed by atoms with E-state index in [1.165, 1.54) is 0 Å². The molecular weight excluding hydrogens is 329 g/mol. The van der Waals surface area contributed by atoms with Crippen molar-refractivity contribution in [2.45, 2.75) is 13.1 Å². The summed E-state index contributed by atoms with van der Waals surface area (Å²) in [4.78, 5) is 7.80. The molecule has 2 N–H and O–H groups in total. The van der Waals surface area contributed by atoms with E-state index in [1.54, 1.807) is 49.4 Å². The second-order valence-electron chi connectivity index (χ2n) is 5.38. The highest BCUT2D eigenvalue weighted by molar-refractivity contribution is 5.65. The molecule has 0 aliphatic carbocycles. The van der Waals surface area contributed by atoms with Gasteiger partial charge in [0, 0.05) is 17.6 Å². The van der Waals surface area contributed by atoms with Crippen LogP contribution in [0, 0.1) is 6.92 Å². The van der Waals surface area contributed by atoms with Crippen LogP contribution in [-0.2, 0) is 6.18 Å². The third kappa shape index (κ3) is 4.06. The van der Waals surface area contributed by atoms with Crippen molar-refractivity contribution in [2.24, 2.45) is 0 Å². The van der Waals surface area contributed by atoms with Crippen LogP contribution in [0.4, 0.5) is 36.3 Å². The maximum Gasteiger partial charge on any atom is 0.421 e. The smallest absolute Gasteiger partial charge is 0.339 e. The maximum absolute atomic E-state index is 13.3. The molecule has 0 spiro atoms. The van der Waals surface area contributed by atoms with E-state index in [1.807, 2.05) is 12.1 Å². The highest BCUT2D eigenvalue weighted by Gasteiger charge is 2.35. The largest absolute Gasteiger partial charge is 0.421 e. The first-order valence-corrected chi connectivity index (χ1v) is 7.52. The van der Waals surface area contributed by atoms with Gasteiger partial charge in [0.1, 0.15) is 11.4 Å². The quantitative estimate of drug-likeness (QED) is 0.675. The molecule has 7 heteroatoms. The van der Waals surface area contributed by atoms with Crippen LogP contribution in [0.5, 0.6) is 0 Å². The number of halogens is 3. The van der Waals surface area contributed by atoms with Gasteiger partial charge in [-0.2, -0.15) is 18.2 Å². The van der Waals surface area contributed by atoms with Gasteiger partial charge >= 0.3 is 6.18 Å². The predicted molar refractivity (Wildman–Crippen MR) is 91.2 cm³/mol. The van der Waals surface area contributed by atoms with E-state index in [2.05, 4.69) is 20.6 Å². The average molecular weight is 344 g/mol. The molecule has 2 aromatic carbocycles. The highest BCUT2D eigenvalue weighted by Crippen LogP contribution is 2.35. The van der Waals surface area contributed by atoms with Crippen molar-refractivity contribution in [3.63, 3.8) is 0 Å². The number of rotatable bonds is 4. The maximum atomic E-state index is 13.3. The molecule has 0 radical (unpaired) electrons. The fourth-order valence-electron chi connectivity index (χ4n) is 2.24. The SMILES string of the molecule is Cc1ccccc1Nc1nc(Nc2ccccc2)ncc1C(F)(F)F. The molecule has 3 rings (SSSR count). The number of benzene rings is 2. The summed E-state index contributed by atoms with van der Waals surface area (Å²) in [7, 11) is 0. The minimum Gasteiger partial charge on any atom is -0.339 e. The average Bonchev–Trinajstić information content (AvgIpc) is 2.57. The number of alkyl halides is 3. The zero-order chi connectivity index (χ0) is 17.9. The van der Waals surface area contributed by atoms with Gasteiger partial charge in [0.25, 0.3) is 0 Å². The van der Waals surface area contributed by atoms with E-state index in [-0.39, 0.29) is 11.8 Å². The van der Waals surface area contributed by atoms with E-state index in [9.17, 15) is 13.2 Å². The van der Waals surface area contributed by atoms with Gasteiger partial charge in [-0.05, 0) is 30.7 Å². The first-order valence-electron chi connectivity index (χ1n) is 7.52. The van der Waals surface area contributed by atoms with Gasteiger partial charge in [0.05, 0.1) is 0 Å². The second kappa shape index (κ2) is 6.80. The van der Waals surface area contributed by atoms with Crippen LogP contribution in [0.3, 0.4) is 0 Å². The van der Waals surface area contributed by atoms with E-state index in [4.69, 9.17) is 0 Å². The topological polar surface area (TPSA) is 49.8 Å². The van der Waals surface area contributed by atoms with Gasteiger partial charge in [-0.25, -0.2) is 4.98 Å². The molecule has 0 saturated carbocycles. The Morgan fingerprint density at radius 3 is 2.24 bits per heavy atom. The van der Waals surface area contributed by atoms with E-state index in [0.717, 1.165) is 11.8 Å². The molecule has 0 saturated heterocycles. The predicted octanol–water partition coefficient (Wildman–Crippen LogP) is 5.29. The number of nitrogens with one attached hydrogen (secondary N) is 2. The molecule has 128 valence electrons. The summed E-state index contributed by atoms with van der Waals surface area (Å²) in [6.07, 6.45) is -3.78. The molecular formula is C18H15F3N4. The number of nitrogens with zero attached hydrogens (tertiary/aromatic N) is 2. The van der Waals surface area contributed by atoms with E-state index >= 15 is 0 Å². The molecule has 25 heavy (non-hydrogen) atoms. The number of para-hydroxylation sites is 2. The molecule has 0 atom stereocenters. The van der Waals surface area contributed by atoms with Crippen molar-refractivity contribution in [2.75, 3.05) is 10.6 Å². The lowest BCUT2D eigenvalue weighted by Crippen LogP contribution is -2.13. The third-order valence-corrected chi connectivity index (χ3v) is 3.52. The molecule has 0 amide bonds. The number of hydrogen-bond acceptors (Lipinski definition) is 4. The number of aryl methyl sites for hydroxylation is 1. The van der Waals surface area contributed by atoms with Crippen LogP contribution in [0.2, 0.25) is 0 Å². The van der Waals surface area contributed by atoms with Gasteiger partial charge in [0.2, 0.25) is 5.95 Å². The molecule has 0 bridgehead atoms. The van der Waals surface area contributed by atoms with Gasteiger partial charge in [0.15, 0.2) is 0 Å². The van der Waals surface area contributed by atoms with Gasteiger partial charge in [-0.3, -0.25) is 0 Å². The van der Waals surface area contributed by atoms with E-state index in [0.29, 0.717) is 11.4 Å².